The Morgan fingerprint density at radius 1 is 0.275 bits per heavy atom. The third-order valence-electron chi connectivity index (χ3n) is 13.6. The third kappa shape index (κ3) is 6.38. The van der Waals surface area contributed by atoms with Gasteiger partial charge in [0.1, 0.15) is 11.2 Å². The quantitative estimate of drug-likeness (QED) is 0.160. The van der Waals surface area contributed by atoms with Crippen molar-refractivity contribution >= 4 is 65.6 Å². The van der Waals surface area contributed by atoms with E-state index in [0.717, 1.165) is 72.2 Å². The van der Waals surface area contributed by atoms with Crippen molar-refractivity contribution in [2.24, 2.45) is 0 Å². The summed E-state index contributed by atoms with van der Waals surface area (Å²) >= 11 is 0. The standard InChI is InChI=1S/C63H39N5O/c1-5-16-40(17-6-1)61-64-62(41-18-7-2-8-19-41)66-63(65-61)50-26-15-25-49-54-39-45(31-35-59(54)69-60(49)50)44-30-34-58-53(38-44)52-37-43(29-33-57(52)68(58)47-22-11-4-12-23-47)42-28-32-56-51(36-42)48-24-13-14-27-55(48)67(56)46-20-9-3-10-21-46/h1-39H. The van der Waals surface area contributed by atoms with Gasteiger partial charge in [-0.2, -0.15) is 0 Å². The molecule has 14 aromatic rings. The molecule has 0 N–H and O–H groups in total. The molecule has 0 radical (unpaired) electrons. The minimum Gasteiger partial charge on any atom is -0.455 e. The zero-order valence-electron chi connectivity index (χ0n) is 37.2. The van der Waals surface area contributed by atoms with E-state index in [9.17, 15) is 0 Å². The highest BCUT2D eigenvalue weighted by Crippen LogP contribution is 2.42. The fourth-order valence-corrected chi connectivity index (χ4v) is 10.3. The first-order valence-corrected chi connectivity index (χ1v) is 23.3. The molecule has 6 heteroatoms. The van der Waals surface area contributed by atoms with Crippen molar-refractivity contribution in [3.63, 3.8) is 0 Å². The van der Waals surface area contributed by atoms with E-state index in [1.807, 2.05) is 66.7 Å². The van der Waals surface area contributed by atoms with E-state index in [2.05, 4.69) is 179 Å². The van der Waals surface area contributed by atoms with Gasteiger partial charge in [0.15, 0.2) is 17.5 Å². The predicted octanol–water partition coefficient (Wildman–Crippen LogP) is 16.3. The molecule has 0 amide bonds. The lowest BCUT2D eigenvalue weighted by Gasteiger charge is -2.09. The van der Waals surface area contributed by atoms with Crippen LogP contribution in [0.25, 0.3) is 133 Å². The Kier molecular flexibility index (Phi) is 8.79. The summed E-state index contributed by atoms with van der Waals surface area (Å²) in [4.78, 5) is 15.0. The summed E-state index contributed by atoms with van der Waals surface area (Å²) < 4.78 is 11.5. The van der Waals surface area contributed by atoms with Crippen LogP contribution in [0, 0.1) is 0 Å². The van der Waals surface area contributed by atoms with E-state index in [-0.39, 0.29) is 0 Å². The van der Waals surface area contributed by atoms with Crippen LogP contribution in [-0.4, -0.2) is 24.1 Å². The Labute approximate surface area is 396 Å². The van der Waals surface area contributed by atoms with E-state index in [1.165, 1.54) is 43.7 Å². The van der Waals surface area contributed by atoms with Gasteiger partial charge in [0, 0.05) is 54.8 Å². The second-order valence-electron chi connectivity index (χ2n) is 17.6. The first-order valence-electron chi connectivity index (χ1n) is 23.3. The van der Waals surface area contributed by atoms with Crippen LogP contribution in [0.1, 0.15) is 0 Å². The molecule has 0 unspecified atom stereocenters. The van der Waals surface area contributed by atoms with Gasteiger partial charge < -0.3 is 13.6 Å². The topological polar surface area (TPSA) is 61.7 Å². The van der Waals surface area contributed by atoms with Crippen LogP contribution in [-0.2, 0) is 0 Å². The number of nitrogens with zero attached hydrogens (tertiary/aromatic N) is 5. The largest absolute Gasteiger partial charge is 0.455 e. The van der Waals surface area contributed by atoms with E-state index in [0.29, 0.717) is 17.5 Å². The number of hydrogen-bond acceptors (Lipinski definition) is 4. The average Bonchev–Trinajstić information content (AvgIpc) is 4.08. The van der Waals surface area contributed by atoms with Gasteiger partial charge in [0.05, 0.1) is 27.6 Å². The van der Waals surface area contributed by atoms with Gasteiger partial charge in [-0.15, -0.1) is 0 Å². The molecule has 0 spiro atoms. The van der Waals surface area contributed by atoms with Crippen LogP contribution in [0.4, 0.5) is 0 Å². The zero-order chi connectivity index (χ0) is 45.4. The van der Waals surface area contributed by atoms with E-state index < -0.39 is 0 Å². The Bertz CT molecular complexity index is 4230. The molecule has 0 aliphatic rings. The minimum absolute atomic E-state index is 0.561. The highest BCUT2D eigenvalue weighted by atomic mass is 16.3. The van der Waals surface area contributed by atoms with Crippen molar-refractivity contribution in [3.05, 3.63) is 237 Å². The molecule has 4 aromatic heterocycles. The first-order chi connectivity index (χ1) is 34.2. The fraction of sp³-hybridized carbons (Fsp3) is 0. The van der Waals surface area contributed by atoms with Crippen molar-refractivity contribution in [2.75, 3.05) is 0 Å². The molecule has 0 fully saturated rings. The number of benzene rings is 10. The minimum atomic E-state index is 0.561. The zero-order valence-corrected chi connectivity index (χ0v) is 37.2. The maximum Gasteiger partial charge on any atom is 0.167 e. The smallest absolute Gasteiger partial charge is 0.167 e. The summed E-state index contributed by atoms with van der Waals surface area (Å²) in [5.74, 6) is 1.78. The second kappa shape index (κ2) is 15.6. The highest BCUT2D eigenvalue weighted by Gasteiger charge is 2.20. The van der Waals surface area contributed by atoms with Gasteiger partial charge >= 0.3 is 0 Å². The number of hydrogen-bond donors (Lipinski definition) is 0. The van der Waals surface area contributed by atoms with Crippen LogP contribution in [0.15, 0.2) is 241 Å². The number of aromatic nitrogens is 5. The van der Waals surface area contributed by atoms with Crippen molar-refractivity contribution in [3.8, 4) is 67.8 Å². The van der Waals surface area contributed by atoms with Crippen molar-refractivity contribution in [1.29, 1.82) is 0 Å². The Morgan fingerprint density at radius 3 is 1.22 bits per heavy atom. The van der Waals surface area contributed by atoms with Gasteiger partial charge in [-0.1, -0.05) is 152 Å². The SMILES string of the molecule is c1ccc(-c2nc(-c3ccccc3)nc(-c3cccc4c3oc3ccc(-c5ccc6c(c5)c5cc(-c7ccc8c(c7)c7ccccc7n8-c7ccccc7)ccc5n6-c5ccccc5)cc34)n2)cc1. The Balaban J connectivity index is 0.907. The van der Waals surface area contributed by atoms with Crippen molar-refractivity contribution < 1.29 is 4.42 Å². The molecule has 14 rings (SSSR count). The second-order valence-corrected chi connectivity index (χ2v) is 17.6. The summed E-state index contributed by atoms with van der Waals surface area (Å²) in [6.07, 6.45) is 0. The van der Waals surface area contributed by atoms with E-state index in [4.69, 9.17) is 19.4 Å². The first kappa shape index (κ1) is 38.8. The van der Waals surface area contributed by atoms with Crippen LogP contribution in [0.3, 0.4) is 0 Å². The number of rotatable bonds is 7. The van der Waals surface area contributed by atoms with Crippen molar-refractivity contribution in [1.82, 2.24) is 24.1 Å². The molecule has 0 aliphatic carbocycles. The fourth-order valence-electron chi connectivity index (χ4n) is 10.3. The molecule has 6 nitrogen and oxygen atoms in total. The maximum atomic E-state index is 6.72. The average molecular weight is 882 g/mol. The Hall–Kier alpha value is -9.39. The maximum absolute atomic E-state index is 6.72. The van der Waals surface area contributed by atoms with Crippen LogP contribution in [0.5, 0.6) is 0 Å². The molecule has 0 aliphatic heterocycles. The van der Waals surface area contributed by atoms with Gasteiger partial charge in [0.25, 0.3) is 0 Å². The lowest BCUT2D eigenvalue weighted by molar-refractivity contribution is 0.669. The summed E-state index contributed by atoms with van der Waals surface area (Å²) in [5, 5.41) is 6.89. The molecule has 0 saturated carbocycles. The van der Waals surface area contributed by atoms with E-state index >= 15 is 0 Å². The molecule has 0 atom stereocenters. The summed E-state index contributed by atoms with van der Waals surface area (Å²) in [6, 6.07) is 83.6. The number of fused-ring (bicyclic) bond motifs is 9. The molecule has 10 aromatic carbocycles. The summed E-state index contributed by atoms with van der Waals surface area (Å²) in [6.45, 7) is 0. The molecule has 0 saturated heterocycles. The molecular weight excluding hydrogens is 843 g/mol. The lowest BCUT2D eigenvalue weighted by Crippen LogP contribution is -2.00. The molecule has 322 valence electrons. The molecule has 69 heavy (non-hydrogen) atoms. The summed E-state index contributed by atoms with van der Waals surface area (Å²) in [7, 11) is 0. The van der Waals surface area contributed by atoms with Gasteiger partial charge in [0.2, 0.25) is 0 Å². The van der Waals surface area contributed by atoms with Gasteiger partial charge in [-0.05, 0) is 107 Å². The Morgan fingerprint density at radius 2 is 0.681 bits per heavy atom. The number of furan rings is 1. The summed E-state index contributed by atoms with van der Waals surface area (Å²) in [5.41, 5.74) is 15.8. The highest BCUT2D eigenvalue weighted by molar-refractivity contribution is 6.14. The van der Waals surface area contributed by atoms with E-state index in [1.54, 1.807) is 0 Å². The monoisotopic (exact) mass is 881 g/mol. The van der Waals surface area contributed by atoms with Crippen LogP contribution in [0.2, 0.25) is 0 Å². The molecule has 4 heterocycles. The van der Waals surface area contributed by atoms with Gasteiger partial charge in [-0.25, -0.2) is 15.0 Å². The molecular formula is C63H39N5O. The lowest BCUT2D eigenvalue weighted by atomic mass is 9.98. The van der Waals surface area contributed by atoms with Crippen molar-refractivity contribution in [2.45, 2.75) is 0 Å². The normalized spacial score (nSPS) is 11.8. The number of para-hydroxylation sites is 4. The van der Waals surface area contributed by atoms with Crippen LogP contribution >= 0.6 is 0 Å². The molecule has 0 bridgehead atoms. The third-order valence-corrected chi connectivity index (χ3v) is 13.6. The van der Waals surface area contributed by atoms with Crippen LogP contribution < -0.4 is 0 Å². The van der Waals surface area contributed by atoms with Gasteiger partial charge in [-0.3, -0.25) is 0 Å². The predicted molar refractivity (Wildman–Crippen MR) is 283 cm³/mol.